The highest BCUT2D eigenvalue weighted by Gasteiger charge is 2.12. The minimum absolute atomic E-state index is 0.153. The number of fused-ring (bicyclic) bond motifs is 1. The summed E-state index contributed by atoms with van der Waals surface area (Å²) in [6, 6.07) is 16.8. The van der Waals surface area contributed by atoms with Crippen LogP contribution in [0.25, 0.3) is 21.9 Å². The number of aryl methyl sites for hydroxylation is 1. The Balaban J connectivity index is 1.80. The van der Waals surface area contributed by atoms with Crippen molar-refractivity contribution in [2.24, 2.45) is 0 Å². The Bertz CT molecular complexity index is 1370. The lowest BCUT2D eigenvalue weighted by Crippen LogP contribution is -2.28. The molecule has 0 saturated heterocycles. The Labute approximate surface area is 197 Å². The third kappa shape index (κ3) is 4.96. The first-order chi connectivity index (χ1) is 16.5. The monoisotopic (exact) mass is 454 g/mol. The van der Waals surface area contributed by atoms with Crippen LogP contribution in [0.3, 0.4) is 0 Å². The van der Waals surface area contributed by atoms with Crippen LogP contribution in [-0.2, 0) is 0 Å². The molecule has 4 N–H and O–H groups in total. The van der Waals surface area contributed by atoms with Gasteiger partial charge in [0.2, 0.25) is 0 Å². The van der Waals surface area contributed by atoms with Crippen LogP contribution < -0.4 is 21.3 Å². The number of hydrogen-bond donors (Lipinski definition) is 4. The summed E-state index contributed by atoms with van der Waals surface area (Å²) in [6.07, 6.45) is 3.52. The second-order valence-electron chi connectivity index (χ2n) is 7.73. The SMILES string of the molecule is CCNC(=O)Nc1cc2c(-c3ccnc(C)c3)ccc(Nc3cccc(C(=O)NC)c3)c2cn1. The number of anilines is 3. The number of nitrogens with zero attached hydrogens (tertiary/aromatic N) is 2. The standard InChI is InChI=1S/C26H26N6O2/c1-4-28-26(34)32-24-14-21-20(17-10-11-29-16(2)12-17)8-9-23(22(21)15-30-24)31-19-7-5-6-18(13-19)25(33)27-3/h5-15,31H,4H2,1-3H3,(H,27,33)(H2,28,30,32,34). The van der Waals surface area contributed by atoms with Gasteiger partial charge in [0.25, 0.3) is 5.91 Å². The van der Waals surface area contributed by atoms with Crippen LogP contribution in [0.4, 0.5) is 22.0 Å². The molecule has 34 heavy (non-hydrogen) atoms. The van der Waals surface area contributed by atoms with Crippen molar-refractivity contribution < 1.29 is 9.59 Å². The predicted octanol–water partition coefficient (Wildman–Crippen LogP) is 4.85. The predicted molar refractivity (Wildman–Crippen MR) is 136 cm³/mol. The third-order valence-electron chi connectivity index (χ3n) is 5.32. The molecule has 0 bridgehead atoms. The average molecular weight is 455 g/mol. The van der Waals surface area contributed by atoms with E-state index in [0.29, 0.717) is 17.9 Å². The molecule has 2 aromatic heterocycles. The third-order valence-corrected chi connectivity index (χ3v) is 5.32. The molecular formula is C26H26N6O2. The van der Waals surface area contributed by atoms with Crippen LogP contribution in [-0.4, -0.2) is 35.5 Å². The van der Waals surface area contributed by atoms with Crippen molar-refractivity contribution >= 4 is 39.9 Å². The van der Waals surface area contributed by atoms with Gasteiger partial charge in [-0.25, -0.2) is 9.78 Å². The molecule has 0 saturated carbocycles. The van der Waals surface area contributed by atoms with E-state index in [2.05, 4.69) is 31.2 Å². The fraction of sp³-hybridized carbons (Fsp3) is 0.154. The number of pyridine rings is 2. The van der Waals surface area contributed by atoms with Crippen molar-refractivity contribution in [2.75, 3.05) is 24.2 Å². The number of nitrogens with one attached hydrogen (secondary N) is 4. The zero-order valence-corrected chi connectivity index (χ0v) is 19.3. The lowest BCUT2D eigenvalue weighted by atomic mass is 9.98. The van der Waals surface area contributed by atoms with Gasteiger partial charge in [-0.15, -0.1) is 0 Å². The minimum atomic E-state index is -0.309. The second-order valence-corrected chi connectivity index (χ2v) is 7.73. The van der Waals surface area contributed by atoms with E-state index in [4.69, 9.17) is 0 Å². The van der Waals surface area contributed by atoms with Crippen molar-refractivity contribution in [1.29, 1.82) is 0 Å². The van der Waals surface area contributed by atoms with Gasteiger partial charge in [-0.2, -0.15) is 0 Å². The quantitative estimate of drug-likeness (QED) is 0.333. The van der Waals surface area contributed by atoms with Gasteiger partial charge in [0.05, 0.1) is 0 Å². The highest BCUT2D eigenvalue weighted by atomic mass is 16.2. The van der Waals surface area contributed by atoms with E-state index in [9.17, 15) is 9.59 Å². The van der Waals surface area contributed by atoms with Crippen molar-refractivity contribution in [3.8, 4) is 11.1 Å². The maximum Gasteiger partial charge on any atom is 0.320 e. The molecule has 0 unspecified atom stereocenters. The number of aromatic nitrogens is 2. The lowest BCUT2D eigenvalue weighted by Gasteiger charge is -2.15. The summed E-state index contributed by atoms with van der Waals surface area (Å²) in [5, 5.41) is 13.3. The van der Waals surface area contributed by atoms with Gasteiger partial charge in [0.15, 0.2) is 0 Å². The Morgan fingerprint density at radius 1 is 0.971 bits per heavy atom. The van der Waals surface area contributed by atoms with E-state index < -0.39 is 0 Å². The van der Waals surface area contributed by atoms with Gasteiger partial charge in [-0.3, -0.25) is 15.1 Å². The molecule has 0 aliphatic heterocycles. The molecule has 3 amide bonds. The average Bonchev–Trinajstić information content (AvgIpc) is 2.84. The molecule has 0 atom stereocenters. The van der Waals surface area contributed by atoms with Crippen molar-refractivity contribution in [2.45, 2.75) is 13.8 Å². The van der Waals surface area contributed by atoms with E-state index in [1.165, 1.54) is 0 Å². The highest BCUT2D eigenvalue weighted by Crippen LogP contribution is 2.35. The van der Waals surface area contributed by atoms with Crippen LogP contribution in [0, 0.1) is 6.92 Å². The smallest absolute Gasteiger partial charge is 0.320 e. The number of benzene rings is 2. The fourth-order valence-corrected chi connectivity index (χ4v) is 3.74. The summed E-state index contributed by atoms with van der Waals surface area (Å²) in [5.41, 5.74) is 5.09. The maximum atomic E-state index is 12.1. The summed E-state index contributed by atoms with van der Waals surface area (Å²) in [4.78, 5) is 32.8. The Morgan fingerprint density at radius 2 is 1.82 bits per heavy atom. The van der Waals surface area contributed by atoms with E-state index in [-0.39, 0.29) is 11.9 Å². The first-order valence-corrected chi connectivity index (χ1v) is 11.0. The van der Waals surface area contributed by atoms with Crippen LogP contribution in [0.1, 0.15) is 23.0 Å². The van der Waals surface area contributed by atoms with Crippen LogP contribution in [0.2, 0.25) is 0 Å². The lowest BCUT2D eigenvalue weighted by molar-refractivity contribution is 0.0963. The summed E-state index contributed by atoms with van der Waals surface area (Å²) < 4.78 is 0. The summed E-state index contributed by atoms with van der Waals surface area (Å²) in [5.74, 6) is 0.295. The molecule has 8 heteroatoms. The molecule has 172 valence electrons. The largest absolute Gasteiger partial charge is 0.355 e. The van der Waals surface area contributed by atoms with Gasteiger partial charge in [-0.1, -0.05) is 12.1 Å². The van der Waals surface area contributed by atoms with Crippen molar-refractivity contribution in [1.82, 2.24) is 20.6 Å². The molecule has 2 heterocycles. The van der Waals surface area contributed by atoms with Crippen LogP contribution in [0.5, 0.6) is 0 Å². The molecule has 2 aromatic carbocycles. The molecule has 0 aliphatic carbocycles. The zero-order chi connectivity index (χ0) is 24.1. The molecule has 4 rings (SSSR count). The first-order valence-electron chi connectivity index (χ1n) is 11.0. The summed E-state index contributed by atoms with van der Waals surface area (Å²) in [6.45, 7) is 4.32. The Hall–Kier alpha value is -4.46. The topological polar surface area (TPSA) is 108 Å². The Kier molecular flexibility index (Phi) is 6.68. The fourth-order valence-electron chi connectivity index (χ4n) is 3.74. The molecule has 4 aromatic rings. The molecular weight excluding hydrogens is 428 g/mol. The molecule has 0 aliphatic rings. The van der Waals surface area contributed by atoms with Gasteiger partial charge < -0.3 is 16.0 Å². The molecule has 0 radical (unpaired) electrons. The number of rotatable bonds is 6. The first kappa shape index (κ1) is 22.7. The van der Waals surface area contributed by atoms with Gasteiger partial charge >= 0.3 is 6.03 Å². The molecule has 0 fully saturated rings. The number of urea groups is 1. The summed E-state index contributed by atoms with van der Waals surface area (Å²) >= 11 is 0. The van der Waals surface area contributed by atoms with Crippen molar-refractivity contribution in [3.63, 3.8) is 0 Å². The number of amides is 3. The van der Waals surface area contributed by atoms with Gasteiger partial charge in [0.1, 0.15) is 5.82 Å². The van der Waals surface area contributed by atoms with E-state index in [0.717, 1.165) is 39.0 Å². The molecule has 0 spiro atoms. The maximum absolute atomic E-state index is 12.1. The van der Waals surface area contributed by atoms with Crippen LogP contribution >= 0.6 is 0 Å². The number of hydrogen-bond acceptors (Lipinski definition) is 5. The van der Waals surface area contributed by atoms with E-state index in [1.54, 1.807) is 31.6 Å². The number of carbonyl (C=O) groups excluding carboxylic acids is 2. The second kappa shape index (κ2) is 9.99. The van der Waals surface area contributed by atoms with E-state index in [1.807, 2.05) is 56.3 Å². The minimum Gasteiger partial charge on any atom is -0.355 e. The normalized spacial score (nSPS) is 10.6. The molecule has 8 nitrogen and oxygen atoms in total. The van der Waals surface area contributed by atoms with Crippen molar-refractivity contribution in [3.05, 3.63) is 78.2 Å². The van der Waals surface area contributed by atoms with Crippen LogP contribution in [0.15, 0.2) is 67.0 Å². The van der Waals surface area contributed by atoms with Gasteiger partial charge in [-0.05, 0) is 72.8 Å². The Morgan fingerprint density at radius 3 is 2.59 bits per heavy atom. The summed E-state index contributed by atoms with van der Waals surface area (Å²) in [7, 11) is 1.60. The van der Waals surface area contributed by atoms with E-state index >= 15 is 0 Å². The number of carbonyl (C=O) groups is 2. The zero-order valence-electron chi connectivity index (χ0n) is 19.3. The highest BCUT2D eigenvalue weighted by molar-refractivity contribution is 6.06. The van der Waals surface area contributed by atoms with Gasteiger partial charge in [0, 0.05) is 54.0 Å².